The van der Waals surface area contributed by atoms with Gasteiger partial charge in [-0.05, 0) is 54.3 Å². The van der Waals surface area contributed by atoms with Crippen LogP contribution >= 0.6 is 0 Å². The van der Waals surface area contributed by atoms with Crippen LogP contribution in [0.15, 0.2) is 53.4 Å². The van der Waals surface area contributed by atoms with Crippen LogP contribution in [0.3, 0.4) is 0 Å². The van der Waals surface area contributed by atoms with Crippen LogP contribution in [0.2, 0.25) is 0 Å². The average Bonchev–Trinajstić information content (AvgIpc) is 3.08. The number of nitrogens with zero attached hydrogens (tertiary/aromatic N) is 2. The summed E-state index contributed by atoms with van der Waals surface area (Å²) in [5, 5.41) is 0. The lowest BCUT2D eigenvalue weighted by atomic mass is 10.0. The Labute approximate surface area is 196 Å². The molecule has 1 saturated heterocycles. The minimum atomic E-state index is -3.69. The number of amides is 1. The third-order valence-electron chi connectivity index (χ3n) is 5.90. The number of ether oxygens (including phenoxy) is 2. The lowest BCUT2D eigenvalue weighted by molar-refractivity contribution is -0.128. The summed E-state index contributed by atoms with van der Waals surface area (Å²) in [5.74, 6) is 0.956. The molecule has 1 heterocycles. The number of methoxy groups -OCH3 is 2. The first-order chi connectivity index (χ1) is 15.8. The molecule has 0 aliphatic carbocycles. The van der Waals surface area contributed by atoms with Crippen LogP contribution < -0.4 is 9.47 Å². The van der Waals surface area contributed by atoms with Crippen molar-refractivity contribution >= 4 is 22.0 Å². The van der Waals surface area contributed by atoms with Gasteiger partial charge >= 0.3 is 0 Å². The van der Waals surface area contributed by atoms with Gasteiger partial charge in [0.05, 0.1) is 20.3 Å². The van der Waals surface area contributed by atoms with Crippen LogP contribution in [0.5, 0.6) is 11.5 Å². The van der Waals surface area contributed by atoms with Gasteiger partial charge in [-0.15, -0.1) is 0 Å². The van der Waals surface area contributed by atoms with Gasteiger partial charge < -0.3 is 14.4 Å². The number of carbonyl (C=O) groups is 1. The molecule has 33 heavy (non-hydrogen) atoms. The molecule has 1 aliphatic heterocycles. The molecule has 7 nitrogen and oxygen atoms in total. The Bertz CT molecular complexity index is 1090. The summed E-state index contributed by atoms with van der Waals surface area (Å²) in [5.41, 5.74) is 1.70. The molecule has 1 unspecified atom stereocenters. The summed E-state index contributed by atoms with van der Waals surface area (Å²) in [6.07, 6.45) is 7.20. The molecule has 1 atom stereocenters. The predicted octanol–water partition coefficient (Wildman–Crippen LogP) is 4.11. The van der Waals surface area contributed by atoms with E-state index >= 15 is 0 Å². The molecule has 8 heteroatoms. The summed E-state index contributed by atoms with van der Waals surface area (Å²) in [6, 6.07) is 12.7. The van der Waals surface area contributed by atoms with Crippen LogP contribution in [0, 0.1) is 0 Å². The zero-order valence-electron chi connectivity index (χ0n) is 19.7. The van der Waals surface area contributed by atoms with Crippen molar-refractivity contribution in [2.75, 3.05) is 34.9 Å². The zero-order chi connectivity index (χ0) is 24.0. The van der Waals surface area contributed by atoms with E-state index in [1.165, 1.54) is 33.3 Å². The number of hydrogen-bond donors (Lipinski definition) is 0. The maximum atomic E-state index is 13.2. The largest absolute Gasteiger partial charge is 0.497 e. The highest BCUT2D eigenvalue weighted by Crippen LogP contribution is 2.32. The molecule has 2 aromatic rings. The van der Waals surface area contributed by atoms with Crippen molar-refractivity contribution < 1.29 is 22.7 Å². The lowest BCUT2D eigenvalue weighted by Gasteiger charge is -2.29. The molecular weight excluding hydrogens is 440 g/mol. The van der Waals surface area contributed by atoms with Gasteiger partial charge in [0, 0.05) is 26.7 Å². The smallest absolute Gasteiger partial charge is 0.247 e. The Balaban J connectivity index is 1.87. The molecule has 2 aromatic carbocycles. The first-order valence-electron chi connectivity index (χ1n) is 11.0. The number of carbonyl (C=O) groups excluding carboxylic acids is 1. The fourth-order valence-corrected chi connectivity index (χ4v) is 5.09. The van der Waals surface area contributed by atoms with Gasteiger partial charge in [-0.2, -0.15) is 0 Å². The first kappa shape index (κ1) is 24.8. The minimum Gasteiger partial charge on any atom is -0.497 e. The molecule has 0 saturated carbocycles. The van der Waals surface area contributed by atoms with Crippen LogP contribution in [-0.2, 0) is 14.8 Å². The fraction of sp³-hybridized carbons (Fsp3) is 0.400. The summed E-state index contributed by atoms with van der Waals surface area (Å²) < 4.78 is 37.0. The van der Waals surface area contributed by atoms with E-state index in [0.717, 1.165) is 41.3 Å². The van der Waals surface area contributed by atoms with Crippen LogP contribution in [-0.4, -0.2) is 58.4 Å². The maximum absolute atomic E-state index is 13.2. The highest BCUT2D eigenvalue weighted by atomic mass is 32.2. The monoisotopic (exact) mass is 472 g/mol. The minimum absolute atomic E-state index is 0.00361. The van der Waals surface area contributed by atoms with Gasteiger partial charge in [0.25, 0.3) is 0 Å². The van der Waals surface area contributed by atoms with Gasteiger partial charge in [-0.25, -0.2) is 12.7 Å². The second-order valence-electron chi connectivity index (χ2n) is 8.20. The van der Waals surface area contributed by atoms with E-state index in [9.17, 15) is 13.2 Å². The molecule has 3 rings (SSSR count). The highest BCUT2D eigenvalue weighted by molar-refractivity contribution is 7.89. The van der Waals surface area contributed by atoms with Crippen molar-refractivity contribution in [3.63, 3.8) is 0 Å². The Morgan fingerprint density at radius 3 is 2.39 bits per heavy atom. The van der Waals surface area contributed by atoms with Crippen LogP contribution in [0.25, 0.3) is 6.08 Å². The molecule has 0 N–H and O–H groups in total. The normalized spacial score (nSPS) is 17.2. The van der Waals surface area contributed by atoms with E-state index in [1.54, 1.807) is 25.3 Å². The Kier molecular flexibility index (Phi) is 8.15. The van der Waals surface area contributed by atoms with E-state index in [2.05, 4.69) is 0 Å². The standard InChI is InChI=1S/C25H32N2O5S/c1-26(2)33(29,30)24-18-19(9-15-23(24)32-4)10-16-25(28)27-17-7-5-6-8-22(27)20-11-13-21(31-3)14-12-20/h9-16,18,22H,5-8,17H2,1-4H3. The number of likely N-dealkylation sites (tertiary alicyclic amines) is 1. The molecule has 1 fully saturated rings. The SMILES string of the molecule is COc1ccc(C2CCCCCN2C(=O)C=Cc2ccc(OC)c(S(=O)(=O)N(C)C)c2)cc1. The molecule has 0 radical (unpaired) electrons. The van der Waals surface area contributed by atoms with Gasteiger partial charge in [-0.1, -0.05) is 31.0 Å². The van der Waals surface area contributed by atoms with Crippen molar-refractivity contribution in [3.05, 3.63) is 59.7 Å². The second-order valence-corrected chi connectivity index (χ2v) is 10.3. The first-order valence-corrected chi connectivity index (χ1v) is 12.4. The summed E-state index contributed by atoms with van der Waals surface area (Å²) >= 11 is 0. The van der Waals surface area contributed by atoms with E-state index < -0.39 is 10.0 Å². The van der Waals surface area contributed by atoms with Crippen molar-refractivity contribution in [1.82, 2.24) is 9.21 Å². The van der Waals surface area contributed by atoms with E-state index in [1.807, 2.05) is 29.2 Å². The summed E-state index contributed by atoms with van der Waals surface area (Å²) in [7, 11) is 2.32. The fourth-order valence-electron chi connectivity index (χ4n) is 4.00. The van der Waals surface area contributed by atoms with Gasteiger partial charge in [-0.3, -0.25) is 4.79 Å². The molecule has 178 valence electrons. The number of benzene rings is 2. The molecule has 0 spiro atoms. The molecule has 1 amide bonds. The van der Waals surface area contributed by atoms with Gasteiger partial charge in [0.1, 0.15) is 16.4 Å². The van der Waals surface area contributed by atoms with Crippen molar-refractivity contribution in [2.45, 2.75) is 36.6 Å². The van der Waals surface area contributed by atoms with Crippen LogP contribution in [0.4, 0.5) is 0 Å². The Morgan fingerprint density at radius 2 is 1.76 bits per heavy atom. The number of sulfonamides is 1. The zero-order valence-corrected chi connectivity index (χ0v) is 20.5. The third kappa shape index (κ3) is 5.75. The number of hydrogen-bond acceptors (Lipinski definition) is 5. The number of rotatable bonds is 7. The summed E-state index contributed by atoms with van der Waals surface area (Å²) in [6.45, 7) is 0.683. The Hall–Kier alpha value is -2.84. The predicted molar refractivity (Wildman–Crippen MR) is 129 cm³/mol. The molecule has 0 bridgehead atoms. The topological polar surface area (TPSA) is 76.1 Å². The summed E-state index contributed by atoms with van der Waals surface area (Å²) in [4.78, 5) is 15.2. The Morgan fingerprint density at radius 1 is 1.03 bits per heavy atom. The quantitative estimate of drug-likeness (QED) is 0.567. The molecule has 1 aliphatic rings. The second kappa shape index (κ2) is 10.9. The van der Waals surface area contributed by atoms with E-state index in [4.69, 9.17) is 9.47 Å². The van der Waals surface area contributed by atoms with Crippen molar-refractivity contribution in [2.24, 2.45) is 0 Å². The van der Waals surface area contributed by atoms with Gasteiger partial charge in [0.15, 0.2) is 0 Å². The highest BCUT2D eigenvalue weighted by Gasteiger charge is 2.26. The average molecular weight is 473 g/mol. The van der Waals surface area contributed by atoms with Gasteiger partial charge in [0.2, 0.25) is 15.9 Å². The maximum Gasteiger partial charge on any atom is 0.247 e. The molecular formula is C25H32N2O5S. The van der Waals surface area contributed by atoms with Crippen molar-refractivity contribution in [1.29, 1.82) is 0 Å². The van der Waals surface area contributed by atoms with E-state index in [0.29, 0.717) is 12.1 Å². The van der Waals surface area contributed by atoms with Crippen LogP contribution in [0.1, 0.15) is 42.9 Å². The van der Waals surface area contributed by atoms with Crippen molar-refractivity contribution in [3.8, 4) is 11.5 Å². The third-order valence-corrected chi connectivity index (χ3v) is 7.74. The molecule has 0 aromatic heterocycles. The lowest BCUT2D eigenvalue weighted by Crippen LogP contribution is -2.33. The van der Waals surface area contributed by atoms with E-state index in [-0.39, 0.29) is 22.6 Å².